The second kappa shape index (κ2) is 7.69. The van der Waals surface area contributed by atoms with Crippen molar-refractivity contribution < 1.29 is 14.3 Å². The van der Waals surface area contributed by atoms with Crippen molar-refractivity contribution in [2.24, 2.45) is 0 Å². The monoisotopic (exact) mass is 348 g/mol. The third kappa shape index (κ3) is 3.72. The Labute approximate surface area is 144 Å². The van der Waals surface area contributed by atoms with Gasteiger partial charge >= 0.3 is 0 Å². The van der Waals surface area contributed by atoms with E-state index in [9.17, 15) is 4.79 Å². The normalized spacial score (nSPS) is 13.2. The lowest BCUT2D eigenvalue weighted by Gasteiger charge is -2.17. The molecular weight excluding hydrogens is 328 g/mol. The first-order chi connectivity index (χ1) is 11.7. The van der Waals surface area contributed by atoms with Crippen LogP contribution in [0.15, 0.2) is 18.2 Å². The highest BCUT2D eigenvalue weighted by atomic mass is 32.1. The van der Waals surface area contributed by atoms with Gasteiger partial charge in [-0.1, -0.05) is 0 Å². The van der Waals surface area contributed by atoms with Crippen LogP contribution in [-0.2, 0) is 27.1 Å². The van der Waals surface area contributed by atoms with Gasteiger partial charge in [0.15, 0.2) is 0 Å². The molecule has 3 rings (SSSR count). The number of fused-ring (bicyclic) bond motifs is 1. The molecule has 1 aliphatic heterocycles. The van der Waals surface area contributed by atoms with Crippen LogP contribution in [0.2, 0.25) is 0 Å². The van der Waals surface area contributed by atoms with Gasteiger partial charge in [-0.3, -0.25) is 4.79 Å². The van der Waals surface area contributed by atoms with Gasteiger partial charge in [-0.15, -0.1) is 0 Å². The highest BCUT2D eigenvalue weighted by molar-refractivity contribution is 7.09. The van der Waals surface area contributed by atoms with E-state index in [4.69, 9.17) is 9.47 Å². The molecule has 0 saturated heterocycles. The van der Waals surface area contributed by atoms with E-state index >= 15 is 0 Å². The van der Waals surface area contributed by atoms with Crippen molar-refractivity contribution in [1.29, 1.82) is 0 Å². The minimum absolute atomic E-state index is 0.0103. The lowest BCUT2D eigenvalue weighted by molar-refractivity contribution is -0.122. The third-order valence-corrected chi connectivity index (χ3v) is 4.46. The first-order valence-corrected chi connectivity index (χ1v) is 8.49. The van der Waals surface area contributed by atoms with Gasteiger partial charge in [-0.2, -0.15) is 4.37 Å². The fraction of sp³-hybridized carbons (Fsp3) is 0.438. The number of anilines is 3. The minimum atomic E-state index is -0.0103. The molecule has 0 aliphatic carbocycles. The van der Waals surface area contributed by atoms with Crippen LogP contribution in [0.5, 0.6) is 0 Å². The van der Waals surface area contributed by atoms with Gasteiger partial charge in [0.25, 0.3) is 5.91 Å². The number of hydrogen-bond donors (Lipinski definition) is 1. The predicted octanol–water partition coefficient (Wildman–Crippen LogP) is 2.01. The highest BCUT2D eigenvalue weighted by Crippen LogP contribution is 2.31. The summed E-state index contributed by atoms with van der Waals surface area (Å²) in [5, 5.41) is 4.03. The van der Waals surface area contributed by atoms with E-state index in [0.717, 1.165) is 34.3 Å². The van der Waals surface area contributed by atoms with Crippen molar-refractivity contribution in [2.75, 3.05) is 44.2 Å². The van der Waals surface area contributed by atoms with Gasteiger partial charge < -0.3 is 19.7 Å². The third-order valence-electron chi connectivity index (χ3n) is 3.79. The maximum absolute atomic E-state index is 12.0. The average Bonchev–Trinajstić information content (AvgIpc) is 3.19. The lowest BCUT2D eigenvalue weighted by atomic mass is 10.1. The van der Waals surface area contributed by atoms with E-state index < -0.39 is 0 Å². The lowest BCUT2D eigenvalue weighted by Crippen LogP contribution is -2.31. The minimum Gasteiger partial charge on any atom is -0.384 e. The fourth-order valence-electron chi connectivity index (χ4n) is 2.66. The molecule has 8 heteroatoms. The van der Waals surface area contributed by atoms with Crippen molar-refractivity contribution in [1.82, 2.24) is 9.36 Å². The Morgan fingerprint density at radius 3 is 3.04 bits per heavy atom. The fourth-order valence-corrected chi connectivity index (χ4v) is 3.30. The molecule has 1 aromatic carbocycles. The van der Waals surface area contributed by atoms with Crippen LogP contribution in [0.4, 0.5) is 16.5 Å². The van der Waals surface area contributed by atoms with Crippen LogP contribution in [0.25, 0.3) is 0 Å². The summed E-state index contributed by atoms with van der Waals surface area (Å²) in [5.41, 5.74) is 3.05. The molecule has 0 unspecified atom stereocenters. The number of amides is 1. The number of methoxy groups -OCH3 is 2. The Balaban J connectivity index is 1.69. The zero-order valence-corrected chi connectivity index (χ0v) is 14.6. The number of nitrogens with zero attached hydrogens (tertiary/aromatic N) is 3. The van der Waals surface area contributed by atoms with E-state index in [1.165, 1.54) is 18.6 Å². The number of rotatable bonds is 7. The zero-order valence-electron chi connectivity index (χ0n) is 13.7. The molecule has 1 N–H and O–H groups in total. The smallest absolute Gasteiger partial charge is 0.252 e. The second-order valence-electron chi connectivity index (χ2n) is 5.46. The molecule has 1 aliphatic rings. The number of nitrogens with one attached hydrogen (secondary N) is 1. The summed E-state index contributed by atoms with van der Waals surface area (Å²) in [6.45, 7) is 1.41. The zero-order chi connectivity index (χ0) is 16.9. The highest BCUT2D eigenvalue weighted by Gasteiger charge is 2.24. The molecule has 7 nitrogen and oxygen atoms in total. The largest absolute Gasteiger partial charge is 0.384 e. The summed E-state index contributed by atoms with van der Waals surface area (Å²) in [5.74, 6) is 0.769. The van der Waals surface area contributed by atoms with Crippen LogP contribution < -0.4 is 10.2 Å². The molecule has 2 heterocycles. The summed E-state index contributed by atoms with van der Waals surface area (Å²) >= 11 is 1.33. The standard InChI is InChI=1S/C16H20N4O3S/c1-22-8-6-14-18-16(24-19-14)17-12-3-4-13-11(9-12)5-7-20(13)15(21)10-23-2/h3-4,9H,5-8,10H2,1-2H3,(H,17,18,19). The van der Waals surface area contributed by atoms with Crippen LogP contribution in [0, 0.1) is 0 Å². The number of carbonyl (C=O) groups is 1. The molecule has 128 valence electrons. The Morgan fingerprint density at radius 2 is 2.25 bits per heavy atom. The number of ether oxygens (including phenoxy) is 2. The van der Waals surface area contributed by atoms with E-state index in [-0.39, 0.29) is 12.5 Å². The quantitative estimate of drug-likeness (QED) is 0.825. The summed E-state index contributed by atoms with van der Waals surface area (Å²) in [6, 6.07) is 5.98. The molecule has 0 atom stereocenters. The first-order valence-electron chi connectivity index (χ1n) is 7.72. The van der Waals surface area contributed by atoms with Crippen LogP contribution in [-0.4, -0.2) is 49.2 Å². The SMILES string of the molecule is COCCc1nsc(Nc2ccc3c(c2)CCN3C(=O)COC)n1. The summed E-state index contributed by atoms with van der Waals surface area (Å²) in [4.78, 5) is 18.2. The van der Waals surface area contributed by atoms with E-state index in [2.05, 4.69) is 20.7 Å². The first kappa shape index (κ1) is 16.8. The van der Waals surface area contributed by atoms with Gasteiger partial charge in [0.2, 0.25) is 5.13 Å². The Hall–Kier alpha value is -2.03. The molecule has 0 fully saturated rings. The van der Waals surface area contributed by atoms with Crippen molar-refractivity contribution in [3.05, 3.63) is 29.6 Å². The van der Waals surface area contributed by atoms with E-state index in [0.29, 0.717) is 19.6 Å². The molecule has 0 radical (unpaired) electrons. The number of aromatic nitrogens is 2. The van der Waals surface area contributed by atoms with Crippen LogP contribution in [0.3, 0.4) is 0 Å². The number of carbonyl (C=O) groups excluding carboxylic acids is 1. The van der Waals surface area contributed by atoms with Gasteiger partial charge in [0.1, 0.15) is 12.4 Å². The van der Waals surface area contributed by atoms with Gasteiger partial charge in [-0.05, 0) is 30.2 Å². The molecule has 0 saturated carbocycles. The molecule has 0 bridgehead atoms. The maximum Gasteiger partial charge on any atom is 0.252 e. The Bertz CT molecular complexity index is 719. The molecule has 1 aromatic heterocycles. The summed E-state index contributed by atoms with van der Waals surface area (Å²) < 4.78 is 14.3. The van der Waals surface area contributed by atoms with Crippen molar-refractivity contribution in [2.45, 2.75) is 12.8 Å². The van der Waals surface area contributed by atoms with Gasteiger partial charge in [0, 0.05) is 50.1 Å². The number of hydrogen-bond acceptors (Lipinski definition) is 7. The molecule has 2 aromatic rings. The Morgan fingerprint density at radius 1 is 1.38 bits per heavy atom. The van der Waals surface area contributed by atoms with Crippen LogP contribution in [0.1, 0.15) is 11.4 Å². The number of benzene rings is 1. The second-order valence-corrected chi connectivity index (χ2v) is 6.21. The van der Waals surface area contributed by atoms with Crippen LogP contribution >= 0.6 is 11.5 Å². The predicted molar refractivity (Wildman–Crippen MR) is 93.1 cm³/mol. The topological polar surface area (TPSA) is 76.6 Å². The molecule has 24 heavy (non-hydrogen) atoms. The van der Waals surface area contributed by atoms with Crippen molar-refractivity contribution in [3.8, 4) is 0 Å². The molecule has 1 amide bonds. The molecular formula is C16H20N4O3S. The summed E-state index contributed by atoms with van der Waals surface area (Å²) in [7, 11) is 3.20. The van der Waals surface area contributed by atoms with Gasteiger partial charge in [-0.25, -0.2) is 4.98 Å². The van der Waals surface area contributed by atoms with Gasteiger partial charge in [0.05, 0.1) is 6.61 Å². The maximum atomic E-state index is 12.0. The summed E-state index contributed by atoms with van der Waals surface area (Å²) in [6.07, 6.45) is 1.55. The van der Waals surface area contributed by atoms with E-state index in [1.807, 2.05) is 12.1 Å². The van der Waals surface area contributed by atoms with Crippen molar-refractivity contribution >= 4 is 33.9 Å². The molecule has 0 spiro atoms. The van der Waals surface area contributed by atoms with Crippen molar-refractivity contribution in [3.63, 3.8) is 0 Å². The average molecular weight is 348 g/mol. The Kier molecular flexibility index (Phi) is 5.39. The van der Waals surface area contributed by atoms with E-state index in [1.54, 1.807) is 12.0 Å².